The van der Waals surface area contributed by atoms with E-state index >= 15 is 0 Å². The molecule has 11 heteroatoms. The Kier molecular flexibility index (Phi) is 7.24. The zero-order valence-electron chi connectivity index (χ0n) is 19.5. The number of hydrogen-bond donors (Lipinski definition) is 0. The third-order valence-electron chi connectivity index (χ3n) is 7.16. The van der Waals surface area contributed by atoms with Gasteiger partial charge in [-0.2, -0.15) is 16.1 Å². The first kappa shape index (κ1) is 25.8. The number of nitrogens with zero attached hydrogens (tertiary/aromatic N) is 2. The first-order chi connectivity index (χ1) is 17.2. The van der Waals surface area contributed by atoms with Gasteiger partial charge in [-0.3, -0.25) is 0 Å². The second-order valence-corrected chi connectivity index (χ2v) is 12.9. The summed E-state index contributed by atoms with van der Waals surface area (Å²) < 4.78 is 64.5. The van der Waals surface area contributed by atoms with Gasteiger partial charge in [-0.15, -0.1) is 0 Å². The van der Waals surface area contributed by atoms with Crippen LogP contribution in [-0.4, -0.2) is 60.0 Å². The molecule has 2 saturated heterocycles. The largest absolute Gasteiger partial charge is 0.441 e. The molecule has 2 aromatic rings. The zero-order valence-corrected chi connectivity index (χ0v) is 21.9. The van der Waals surface area contributed by atoms with E-state index in [0.29, 0.717) is 50.8 Å². The number of halogens is 3. The molecule has 0 spiro atoms. The molecule has 0 unspecified atom stereocenters. The first-order valence-corrected chi connectivity index (χ1v) is 15.0. The number of carbonyl (C=O) groups excluding carboxylic acids is 1. The average molecular weight is 557 g/mol. The van der Waals surface area contributed by atoms with Crippen LogP contribution in [0.25, 0.3) is 0 Å². The molecule has 2 aliphatic heterocycles. The van der Waals surface area contributed by atoms with E-state index in [1.807, 2.05) is 0 Å². The summed E-state index contributed by atoms with van der Waals surface area (Å²) in [6, 6.07) is 7.81. The lowest BCUT2D eigenvalue weighted by molar-refractivity contribution is -0.00754. The van der Waals surface area contributed by atoms with Gasteiger partial charge in [0.05, 0.1) is 12.1 Å². The molecule has 1 aliphatic carbocycles. The van der Waals surface area contributed by atoms with Crippen molar-refractivity contribution >= 4 is 39.5 Å². The molecule has 2 atom stereocenters. The van der Waals surface area contributed by atoms with Gasteiger partial charge in [-0.1, -0.05) is 23.7 Å². The quantitative estimate of drug-likeness (QED) is 0.478. The zero-order chi connectivity index (χ0) is 25.5. The summed E-state index contributed by atoms with van der Waals surface area (Å²) in [4.78, 5) is 14.2. The molecule has 2 aromatic carbocycles. The average Bonchev–Trinajstić information content (AvgIpc) is 3.64. The molecule has 3 aliphatic rings. The van der Waals surface area contributed by atoms with Crippen LogP contribution in [0, 0.1) is 11.6 Å². The van der Waals surface area contributed by atoms with E-state index < -0.39 is 50.3 Å². The van der Waals surface area contributed by atoms with Gasteiger partial charge in [0.1, 0.15) is 22.1 Å². The summed E-state index contributed by atoms with van der Waals surface area (Å²) in [5.41, 5.74) is -0.517. The number of hydrogen-bond acceptors (Lipinski definition) is 5. The molecule has 5 rings (SSSR count). The molecule has 6 nitrogen and oxygen atoms in total. The lowest BCUT2D eigenvalue weighted by Crippen LogP contribution is -2.54. The molecular weight excluding hydrogens is 530 g/mol. The topological polar surface area (TPSA) is 66.9 Å². The van der Waals surface area contributed by atoms with E-state index in [1.165, 1.54) is 28.6 Å². The minimum atomic E-state index is -4.40. The minimum absolute atomic E-state index is 0.0793. The van der Waals surface area contributed by atoms with Crippen LogP contribution in [0.4, 0.5) is 13.6 Å². The highest BCUT2D eigenvalue weighted by molar-refractivity contribution is 7.99. The molecule has 36 heavy (non-hydrogen) atoms. The summed E-state index contributed by atoms with van der Waals surface area (Å²) in [5, 5.41) is 0.0793. The van der Waals surface area contributed by atoms with Gasteiger partial charge in [0, 0.05) is 29.6 Å². The molecule has 0 radical (unpaired) electrons. The van der Waals surface area contributed by atoms with Gasteiger partial charge in [-0.05, 0) is 68.0 Å². The van der Waals surface area contributed by atoms with E-state index in [-0.39, 0.29) is 5.02 Å². The van der Waals surface area contributed by atoms with Crippen molar-refractivity contribution in [2.45, 2.75) is 54.7 Å². The maximum Gasteiger partial charge on any atom is 0.410 e. The van der Waals surface area contributed by atoms with Crippen LogP contribution in [0.2, 0.25) is 5.02 Å². The fourth-order valence-corrected chi connectivity index (χ4v) is 8.27. The number of amides is 1. The molecule has 1 amide bonds. The first-order valence-electron chi connectivity index (χ1n) is 12.0. The van der Waals surface area contributed by atoms with Crippen LogP contribution in [0.1, 0.15) is 43.7 Å². The third-order valence-corrected chi connectivity index (χ3v) is 10.3. The van der Waals surface area contributed by atoms with E-state index in [9.17, 15) is 22.0 Å². The standard InChI is InChI=1S/C25H27ClF2N2O4S2/c26-18-7-8-22(20(28)16-18)36(32,33)30-21(17-3-1-4-19(27)15-17)5-2-6-23(30)25(9-10-25)34-24(31)29-11-13-35-14-12-29/h1,3-4,7-8,15-16,21,23H,2,5-6,9-14H2/t21-,23+/m0/s1. The fraction of sp³-hybridized carbons (Fsp3) is 0.480. The maximum absolute atomic E-state index is 14.9. The Morgan fingerprint density at radius 2 is 1.83 bits per heavy atom. The second kappa shape index (κ2) is 10.1. The second-order valence-electron chi connectivity index (χ2n) is 9.46. The Bertz CT molecular complexity index is 1250. The Balaban J connectivity index is 1.55. The van der Waals surface area contributed by atoms with Gasteiger partial charge >= 0.3 is 6.09 Å². The molecule has 0 aromatic heterocycles. The highest BCUT2D eigenvalue weighted by Crippen LogP contribution is 2.53. The highest BCUT2D eigenvalue weighted by atomic mass is 35.5. The predicted molar refractivity (Wildman–Crippen MR) is 135 cm³/mol. The van der Waals surface area contributed by atoms with Crippen LogP contribution in [-0.2, 0) is 14.8 Å². The van der Waals surface area contributed by atoms with Crippen molar-refractivity contribution < 1.29 is 26.7 Å². The van der Waals surface area contributed by atoms with Gasteiger partial charge in [0.15, 0.2) is 0 Å². The third kappa shape index (κ3) is 4.97. The van der Waals surface area contributed by atoms with E-state index in [0.717, 1.165) is 23.6 Å². The molecule has 194 valence electrons. The molecule has 1 saturated carbocycles. The van der Waals surface area contributed by atoms with E-state index in [2.05, 4.69) is 0 Å². The van der Waals surface area contributed by atoms with Crippen molar-refractivity contribution in [2.75, 3.05) is 24.6 Å². The van der Waals surface area contributed by atoms with Crippen molar-refractivity contribution in [3.63, 3.8) is 0 Å². The molecular formula is C25H27ClF2N2O4S2. The van der Waals surface area contributed by atoms with E-state index in [4.69, 9.17) is 16.3 Å². The smallest absolute Gasteiger partial charge is 0.410 e. The number of benzene rings is 2. The van der Waals surface area contributed by atoms with Crippen molar-refractivity contribution in [3.05, 3.63) is 64.7 Å². The molecule has 3 fully saturated rings. The Labute approximate surface area is 219 Å². The lowest BCUT2D eigenvalue weighted by atomic mass is 9.90. The van der Waals surface area contributed by atoms with E-state index in [1.54, 1.807) is 22.7 Å². The summed E-state index contributed by atoms with van der Waals surface area (Å²) in [5.74, 6) is 0.199. The normalized spacial score (nSPS) is 24.4. The van der Waals surface area contributed by atoms with Crippen LogP contribution in [0.15, 0.2) is 47.4 Å². The molecule has 0 bridgehead atoms. The fourth-order valence-electron chi connectivity index (χ4n) is 5.24. The molecule has 0 N–H and O–H groups in total. The minimum Gasteiger partial charge on any atom is -0.441 e. The Morgan fingerprint density at radius 1 is 1.08 bits per heavy atom. The summed E-state index contributed by atoms with van der Waals surface area (Å²) >= 11 is 7.65. The van der Waals surface area contributed by atoms with Gasteiger partial charge in [0.2, 0.25) is 10.0 Å². The monoisotopic (exact) mass is 556 g/mol. The van der Waals surface area contributed by atoms with Crippen LogP contribution >= 0.6 is 23.4 Å². The molecule has 2 heterocycles. The number of sulfonamides is 1. The number of rotatable bonds is 5. The Hall–Kier alpha value is -1.88. The van der Waals surface area contributed by atoms with Crippen molar-refractivity contribution in [2.24, 2.45) is 0 Å². The number of carbonyl (C=O) groups is 1. The summed E-state index contributed by atoms with van der Waals surface area (Å²) in [6.45, 7) is 1.16. The van der Waals surface area contributed by atoms with Gasteiger partial charge in [0.25, 0.3) is 0 Å². The number of piperidine rings is 1. The summed E-state index contributed by atoms with van der Waals surface area (Å²) in [6.07, 6.45) is 2.11. The Morgan fingerprint density at radius 3 is 2.50 bits per heavy atom. The van der Waals surface area contributed by atoms with Crippen molar-refractivity contribution in [3.8, 4) is 0 Å². The van der Waals surface area contributed by atoms with Crippen LogP contribution in [0.5, 0.6) is 0 Å². The predicted octanol–water partition coefficient (Wildman–Crippen LogP) is 5.62. The maximum atomic E-state index is 14.9. The number of ether oxygens (including phenoxy) is 1. The van der Waals surface area contributed by atoms with Crippen LogP contribution in [0.3, 0.4) is 0 Å². The van der Waals surface area contributed by atoms with Gasteiger partial charge < -0.3 is 9.64 Å². The van der Waals surface area contributed by atoms with Crippen LogP contribution < -0.4 is 0 Å². The summed E-state index contributed by atoms with van der Waals surface area (Å²) in [7, 11) is -4.40. The number of thioether (sulfide) groups is 1. The SMILES string of the molecule is O=C(OC1([C@H]2CCC[C@@H](c3cccc(F)c3)N2S(=O)(=O)c2ccc(Cl)cc2F)CC1)N1CCSCC1. The van der Waals surface area contributed by atoms with Gasteiger partial charge in [-0.25, -0.2) is 22.0 Å². The highest BCUT2D eigenvalue weighted by Gasteiger charge is 2.60. The lowest BCUT2D eigenvalue weighted by Gasteiger charge is -2.44. The van der Waals surface area contributed by atoms with Crippen molar-refractivity contribution in [1.82, 2.24) is 9.21 Å². The van der Waals surface area contributed by atoms with Crippen molar-refractivity contribution in [1.29, 1.82) is 0 Å².